The van der Waals surface area contributed by atoms with Crippen molar-refractivity contribution in [2.24, 2.45) is 0 Å². The quantitative estimate of drug-likeness (QED) is 0.454. The van der Waals surface area contributed by atoms with E-state index in [1.807, 2.05) is 0 Å². The fourth-order valence-corrected chi connectivity index (χ4v) is 2.93. The lowest BCUT2D eigenvalue weighted by molar-refractivity contribution is -0.138. The molecule has 0 aromatic carbocycles. The van der Waals surface area contributed by atoms with Crippen LogP contribution >= 0.6 is 0 Å². The van der Waals surface area contributed by atoms with Gasteiger partial charge in [-0.15, -0.1) is 0 Å². The van der Waals surface area contributed by atoms with Gasteiger partial charge in [-0.05, 0) is 13.0 Å². The van der Waals surface area contributed by atoms with E-state index >= 15 is 0 Å². The van der Waals surface area contributed by atoms with Gasteiger partial charge in [0.15, 0.2) is 0 Å². The fourth-order valence-electron chi connectivity index (χ4n) is 2.17. The SMILES string of the molecule is CO[C@H](C)[C@@H](CO)Nc1cnn(COCC[Si](C)(C)C)c(=O)c1C(F)(F)F. The minimum absolute atomic E-state index is 0.350. The summed E-state index contributed by atoms with van der Waals surface area (Å²) in [4.78, 5) is 12.3. The molecule has 0 bridgehead atoms. The lowest BCUT2D eigenvalue weighted by atomic mass is 10.1. The van der Waals surface area contributed by atoms with E-state index in [4.69, 9.17) is 9.47 Å². The van der Waals surface area contributed by atoms with Crippen molar-refractivity contribution in [3.05, 3.63) is 22.1 Å². The Hall–Kier alpha value is -1.43. The smallest absolute Gasteiger partial charge is 0.394 e. The summed E-state index contributed by atoms with van der Waals surface area (Å²) >= 11 is 0. The molecule has 0 spiro atoms. The van der Waals surface area contributed by atoms with E-state index < -0.39 is 49.8 Å². The van der Waals surface area contributed by atoms with Gasteiger partial charge in [0.2, 0.25) is 0 Å². The molecule has 0 saturated carbocycles. The van der Waals surface area contributed by atoms with Gasteiger partial charge in [0.25, 0.3) is 5.56 Å². The van der Waals surface area contributed by atoms with Crippen LogP contribution < -0.4 is 10.9 Å². The number of aromatic nitrogens is 2. The fraction of sp³-hybridized carbons (Fsp3) is 0.750. The average molecular weight is 411 g/mol. The number of hydrogen-bond acceptors (Lipinski definition) is 6. The Morgan fingerprint density at radius 3 is 2.48 bits per heavy atom. The van der Waals surface area contributed by atoms with Crippen molar-refractivity contribution in [3.8, 4) is 0 Å². The van der Waals surface area contributed by atoms with Crippen molar-refractivity contribution in [3.63, 3.8) is 0 Å². The molecule has 0 fully saturated rings. The number of aliphatic hydroxyl groups is 1. The maximum absolute atomic E-state index is 13.5. The van der Waals surface area contributed by atoms with Crippen LogP contribution in [0.1, 0.15) is 12.5 Å². The highest BCUT2D eigenvalue weighted by Crippen LogP contribution is 2.32. The molecule has 1 rings (SSSR count). The molecule has 27 heavy (non-hydrogen) atoms. The van der Waals surface area contributed by atoms with Gasteiger partial charge in [0, 0.05) is 21.8 Å². The molecule has 1 aromatic heterocycles. The third kappa shape index (κ3) is 7.24. The molecule has 0 aliphatic carbocycles. The zero-order valence-electron chi connectivity index (χ0n) is 16.3. The van der Waals surface area contributed by atoms with Gasteiger partial charge in [0.05, 0.1) is 30.6 Å². The van der Waals surface area contributed by atoms with Gasteiger partial charge >= 0.3 is 6.18 Å². The van der Waals surface area contributed by atoms with Gasteiger partial charge in [-0.25, -0.2) is 4.68 Å². The van der Waals surface area contributed by atoms with E-state index in [-0.39, 0.29) is 6.73 Å². The molecule has 0 saturated heterocycles. The van der Waals surface area contributed by atoms with Crippen LogP contribution in [0, 0.1) is 0 Å². The number of nitrogens with one attached hydrogen (secondary N) is 1. The zero-order valence-corrected chi connectivity index (χ0v) is 17.3. The summed E-state index contributed by atoms with van der Waals surface area (Å²) in [5.41, 5.74) is -3.19. The molecule has 1 aromatic rings. The summed E-state index contributed by atoms with van der Waals surface area (Å²) in [5, 5.41) is 15.6. The lowest BCUT2D eigenvalue weighted by Crippen LogP contribution is -2.39. The first kappa shape index (κ1) is 23.6. The lowest BCUT2D eigenvalue weighted by Gasteiger charge is -2.24. The summed E-state index contributed by atoms with van der Waals surface area (Å²) in [5.74, 6) is 0. The largest absolute Gasteiger partial charge is 0.423 e. The topological polar surface area (TPSA) is 85.6 Å². The summed E-state index contributed by atoms with van der Waals surface area (Å²) in [7, 11) is 0.0145. The Balaban J connectivity index is 3.07. The Labute approximate surface area is 157 Å². The third-order valence-electron chi connectivity index (χ3n) is 4.01. The number of anilines is 1. The van der Waals surface area contributed by atoms with Gasteiger partial charge in [-0.3, -0.25) is 4.79 Å². The van der Waals surface area contributed by atoms with E-state index in [0.29, 0.717) is 11.3 Å². The second-order valence-corrected chi connectivity index (χ2v) is 13.1. The number of alkyl halides is 3. The highest BCUT2D eigenvalue weighted by atomic mass is 28.3. The monoisotopic (exact) mass is 411 g/mol. The van der Waals surface area contributed by atoms with Crippen LogP contribution in [-0.4, -0.2) is 55.4 Å². The van der Waals surface area contributed by atoms with Crippen molar-refractivity contribution in [1.82, 2.24) is 9.78 Å². The van der Waals surface area contributed by atoms with Crippen molar-refractivity contribution < 1.29 is 27.8 Å². The van der Waals surface area contributed by atoms with E-state index in [2.05, 4.69) is 30.1 Å². The Kier molecular flexibility index (Phi) is 8.45. The predicted molar refractivity (Wildman–Crippen MR) is 98.6 cm³/mol. The molecular weight excluding hydrogens is 383 g/mol. The number of aliphatic hydroxyl groups excluding tert-OH is 1. The maximum atomic E-state index is 13.5. The van der Waals surface area contributed by atoms with Crippen LogP contribution in [0.2, 0.25) is 25.7 Å². The zero-order chi connectivity index (χ0) is 20.8. The van der Waals surface area contributed by atoms with Crippen molar-refractivity contribution in [2.45, 2.75) is 57.7 Å². The summed E-state index contributed by atoms with van der Waals surface area (Å²) in [6.45, 7) is 7.52. The Morgan fingerprint density at radius 1 is 1.37 bits per heavy atom. The first-order chi connectivity index (χ1) is 12.4. The molecule has 2 atom stereocenters. The minimum atomic E-state index is -4.89. The summed E-state index contributed by atoms with van der Waals surface area (Å²) in [6, 6.07) is -0.0122. The van der Waals surface area contributed by atoms with Crippen LogP contribution in [0.25, 0.3) is 0 Å². The van der Waals surface area contributed by atoms with E-state index in [0.717, 1.165) is 12.2 Å². The molecule has 0 radical (unpaired) electrons. The first-order valence-corrected chi connectivity index (χ1v) is 12.3. The van der Waals surface area contributed by atoms with E-state index in [9.17, 15) is 23.1 Å². The number of halogens is 3. The predicted octanol–water partition coefficient (Wildman–Crippen LogP) is 2.38. The number of methoxy groups -OCH3 is 1. The second kappa shape index (κ2) is 9.67. The van der Waals surface area contributed by atoms with Crippen LogP contribution in [-0.2, 0) is 22.4 Å². The Bertz CT molecular complexity index is 662. The number of hydrogen-bond donors (Lipinski definition) is 2. The highest BCUT2D eigenvalue weighted by Gasteiger charge is 2.39. The molecule has 11 heteroatoms. The standard InChI is InChI=1S/C16H28F3N3O4Si/c1-11(25-2)13(9-23)21-12-8-20-22(10-26-6-7-27(3,4)5)15(24)14(12)16(17,18)19/h8,11,13,21,23H,6-7,9-10H2,1-5H3/t11-,13-/m1/s1. The summed E-state index contributed by atoms with van der Waals surface area (Å²) < 4.78 is 51.4. The molecule has 0 unspecified atom stereocenters. The molecule has 1 heterocycles. The molecule has 0 aliphatic rings. The summed E-state index contributed by atoms with van der Waals surface area (Å²) in [6.07, 6.45) is -4.56. The average Bonchev–Trinajstić information content (AvgIpc) is 2.55. The first-order valence-electron chi connectivity index (χ1n) is 8.56. The van der Waals surface area contributed by atoms with Crippen LogP contribution in [0.5, 0.6) is 0 Å². The van der Waals surface area contributed by atoms with Gasteiger partial charge in [-0.2, -0.15) is 18.3 Å². The van der Waals surface area contributed by atoms with Crippen LogP contribution in [0.15, 0.2) is 11.0 Å². The molecule has 7 nitrogen and oxygen atoms in total. The van der Waals surface area contributed by atoms with Crippen molar-refractivity contribution in [1.29, 1.82) is 0 Å². The van der Waals surface area contributed by atoms with E-state index in [1.54, 1.807) is 6.92 Å². The number of ether oxygens (including phenoxy) is 2. The van der Waals surface area contributed by atoms with Gasteiger partial charge in [0.1, 0.15) is 12.3 Å². The third-order valence-corrected chi connectivity index (χ3v) is 5.72. The van der Waals surface area contributed by atoms with Crippen LogP contribution in [0.4, 0.5) is 18.9 Å². The molecule has 0 amide bonds. The van der Waals surface area contributed by atoms with Crippen molar-refractivity contribution in [2.75, 3.05) is 25.6 Å². The molecule has 0 aliphatic heterocycles. The van der Waals surface area contributed by atoms with Gasteiger partial charge < -0.3 is 19.9 Å². The molecule has 156 valence electrons. The van der Waals surface area contributed by atoms with Gasteiger partial charge in [-0.1, -0.05) is 19.6 Å². The molecular formula is C16H28F3N3O4Si. The number of nitrogens with zero attached hydrogens (tertiary/aromatic N) is 2. The molecule has 2 N–H and O–H groups in total. The second-order valence-electron chi connectivity index (χ2n) is 7.46. The normalized spacial score (nSPS) is 14.9. The van der Waals surface area contributed by atoms with Crippen molar-refractivity contribution >= 4 is 13.8 Å². The number of rotatable bonds is 10. The highest BCUT2D eigenvalue weighted by molar-refractivity contribution is 6.76. The maximum Gasteiger partial charge on any atom is 0.423 e. The van der Waals surface area contributed by atoms with E-state index in [1.165, 1.54) is 7.11 Å². The minimum Gasteiger partial charge on any atom is -0.394 e. The Morgan fingerprint density at radius 2 is 2.00 bits per heavy atom. The van der Waals surface area contributed by atoms with Crippen LogP contribution in [0.3, 0.4) is 0 Å².